The number of pyridine rings is 1. The number of fused-ring (bicyclic) bond motifs is 1. The lowest BCUT2D eigenvalue weighted by atomic mass is 9.85. The molecule has 0 atom stereocenters. The minimum absolute atomic E-state index is 0.238. The molecule has 0 unspecified atom stereocenters. The van der Waals surface area contributed by atoms with Crippen LogP contribution in [0.15, 0.2) is 53.8 Å². The number of halogens is 2. The van der Waals surface area contributed by atoms with Crippen molar-refractivity contribution in [2.75, 3.05) is 0 Å². The highest BCUT2D eigenvalue weighted by atomic mass is 19.1. The molecule has 2 aromatic carbocycles. The van der Waals surface area contributed by atoms with Gasteiger partial charge in [-0.15, -0.1) is 5.16 Å². The number of nitrogens with zero attached hydrogens (tertiary/aromatic N) is 2. The van der Waals surface area contributed by atoms with E-state index in [4.69, 9.17) is 9.94 Å². The molecule has 0 bridgehead atoms. The zero-order chi connectivity index (χ0) is 18.0. The molecule has 0 saturated carbocycles. The molecule has 0 aliphatic rings. The Balaban J connectivity index is 2.05. The monoisotopic (exact) mass is 342 g/mol. The summed E-state index contributed by atoms with van der Waals surface area (Å²) in [5, 5.41) is 12.4. The average Bonchev–Trinajstić information content (AvgIpc) is 2.54. The first-order valence-corrected chi connectivity index (χ1v) is 7.62. The van der Waals surface area contributed by atoms with Crippen molar-refractivity contribution in [1.29, 1.82) is 0 Å². The third kappa shape index (κ3) is 3.28. The molecule has 6 heteroatoms. The van der Waals surface area contributed by atoms with Gasteiger partial charge in [-0.2, -0.15) is 0 Å². The molecule has 0 aliphatic heterocycles. The van der Waals surface area contributed by atoms with Crippen LogP contribution in [0.5, 0.6) is 11.5 Å². The van der Waals surface area contributed by atoms with E-state index in [9.17, 15) is 8.78 Å². The smallest absolute Gasteiger partial charge is 0.149 e. The van der Waals surface area contributed by atoms with Crippen molar-refractivity contribution in [2.24, 2.45) is 5.16 Å². The second-order valence-electron chi connectivity index (χ2n) is 6.16. The summed E-state index contributed by atoms with van der Waals surface area (Å²) in [6.45, 7) is 3.40. The quantitative estimate of drug-likeness (QED) is 0.410. The summed E-state index contributed by atoms with van der Waals surface area (Å²) in [6.07, 6.45) is 2.61. The van der Waals surface area contributed by atoms with Gasteiger partial charge in [0, 0.05) is 16.4 Å². The van der Waals surface area contributed by atoms with E-state index in [-0.39, 0.29) is 16.8 Å². The number of ether oxygens (including phenoxy) is 1. The summed E-state index contributed by atoms with van der Waals surface area (Å²) in [5.41, 5.74) is -0.416. The van der Waals surface area contributed by atoms with Crippen LogP contribution in [-0.4, -0.2) is 16.4 Å². The van der Waals surface area contributed by atoms with Gasteiger partial charge in [0.05, 0.1) is 12.4 Å². The van der Waals surface area contributed by atoms with Gasteiger partial charge in [-0.1, -0.05) is 32.0 Å². The Hall–Kier alpha value is -3.02. The first-order valence-electron chi connectivity index (χ1n) is 7.62. The highest BCUT2D eigenvalue weighted by Crippen LogP contribution is 2.36. The number of hydrogen-bond donors (Lipinski definition) is 1. The van der Waals surface area contributed by atoms with Crippen LogP contribution in [0.25, 0.3) is 10.9 Å². The van der Waals surface area contributed by atoms with Gasteiger partial charge in [-0.25, -0.2) is 13.8 Å². The van der Waals surface area contributed by atoms with Crippen LogP contribution >= 0.6 is 0 Å². The highest BCUT2D eigenvalue weighted by Gasteiger charge is 2.27. The van der Waals surface area contributed by atoms with Crippen LogP contribution in [-0.2, 0) is 5.41 Å². The molecule has 0 fully saturated rings. The summed E-state index contributed by atoms with van der Waals surface area (Å²) >= 11 is 0. The molecule has 3 aromatic rings. The number of oxime groups is 1. The molecule has 0 aliphatic carbocycles. The van der Waals surface area contributed by atoms with Gasteiger partial charge < -0.3 is 9.94 Å². The normalized spacial score (nSPS) is 12.0. The van der Waals surface area contributed by atoms with Gasteiger partial charge >= 0.3 is 0 Å². The standard InChI is InChI=1S/C19H16F2N2O2/c1-19(2,11-23-24)17-14(20)6-4-8-16(17)25-13-9-12-5-3-7-15(21)18(12)22-10-13/h3-11,24H,1-2H3/b23-11+. The van der Waals surface area contributed by atoms with Gasteiger partial charge in [0.15, 0.2) is 0 Å². The Morgan fingerprint density at radius 3 is 2.60 bits per heavy atom. The van der Waals surface area contributed by atoms with Gasteiger partial charge in [-0.05, 0) is 24.3 Å². The number of benzene rings is 2. The molecule has 3 rings (SSSR count). The zero-order valence-corrected chi connectivity index (χ0v) is 13.7. The van der Waals surface area contributed by atoms with E-state index in [1.807, 2.05) is 0 Å². The van der Waals surface area contributed by atoms with Crippen LogP contribution in [0, 0.1) is 11.6 Å². The van der Waals surface area contributed by atoms with Crippen LogP contribution in [0.2, 0.25) is 0 Å². The Kier molecular flexibility index (Phi) is 4.35. The van der Waals surface area contributed by atoms with Crippen LogP contribution in [0.3, 0.4) is 0 Å². The highest BCUT2D eigenvalue weighted by molar-refractivity contribution is 5.80. The predicted molar refractivity (Wildman–Crippen MR) is 91.5 cm³/mol. The maximum atomic E-state index is 14.4. The fraction of sp³-hybridized carbons (Fsp3) is 0.158. The fourth-order valence-electron chi connectivity index (χ4n) is 2.71. The van der Waals surface area contributed by atoms with Crippen LogP contribution in [0.1, 0.15) is 19.4 Å². The molecule has 1 heterocycles. The Bertz CT molecular complexity index is 955. The van der Waals surface area contributed by atoms with Gasteiger partial charge in [0.25, 0.3) is 0 Å². The summed E-state index contributed by atoms with van der Waals surface area (Å²) in [6, 6.07) is 10.7. The maximum absolute atomic E-state index is 14.4. The summed E-state index contributed by atoms with van der Waals surface area (Å²) in [4.78, 5) is 4.07. The van der Waals surface area contributed by atoms with E-state index >= 15 is 0 Å². The van der Waals surface area contributed by atoms with E-state index < -0.39 is 17.0 Å². The number of para-hydroxylation sites is 1. The lowest BCUT2D eigenvalue weighted by molar-refractivity contribution is 0.317. The molecular formula is C19H16F2N2O2. The predicted octanol–water partition coefficient (Wildman–Crippen LogP) is 5.04. The molecule has 0 saturated heterocycles. The molecule has 128 valence electrons. The second-order valence-corrected chi connectivity index (χ2v) is 6.16. The third-order valence-corrected chi connectivity index (χ3v) is 3.86. The van der Waals surface area contributed by atoms with E-state index in [0.717, 1.165) is 0 Å². The van der Waals surface area contributed by atoms with Crippen molar-refractivity contribution in [3.63, 3.8) is 0 Å². The summed E-state index contributed by atoms with van der Waals surface area (Å²) in [5.74, 6) is -0.290. The second kappa shape index (κ2) is 6.47. The first-order chi connectivity index (χ1) is 11.9. The Morgan fingerprint density at radius 2 is 1.84 bits per heavy atom. The minimum atomic E-state index is -0.897. The number of hydrogen-bond acceptors (Lipinski definition) is 4. The van der Waals surface area contributed by atoms with E-state index in [0.29, 0.717) is 11.1 Å². The van der Waals surface area contributed by atoms with Crippen molar-refractivity contribution in [2.45, 2.75) is 19.3 Å². The van der Waals surface area contributed by atoms with Crippen molar-refractivity contribution >= 4 is 17.1 Å². The van der Waals surface area contributed by atoms with E-state index in [1.54, 1.807) is 38.1 Å². The molecular weight excluding hydrogens is 326 g/mol. The van der Waals surface area contributed by atoms with E-state index in [2.05, 4.69) is 10.1 Å². The SMILES string of the molecule is CC(C)(/C=N/O)c1c(F)cccc1Oc1cnc2c(F)cccc2c1. The summed E-state index contributed by atoms with van der Waals surface area (Å²) < 4.78 is 33.9. The van der Waals surface area contributed by atoms with Crippen LogP contribution in [0.4, 0.5) is 8.78 Å². The number of aromatic nitrogens is 1. The average molecular weight is 342 g/mol. The third-order valence-electron chi connectivity index (χ3n) is 3.86. The van der Waals surface area contributed by atoms with Crippen molar-refractivity contribution < 1.29 is 18.7 Å². The topological polar surface area (TPSA) is 54.7 Å². The van der Waals surface area contributed by atoms with Crippen molar-refractivity contribution in [3.8, 4) is 11.5 Å². The van der Waals surface area contributed by atoms with Crippen molar-refractivity contribution in [1.82, 2.24) is 4.98 Å². The Labute approximate surface area is 143 Å². The van der Waals surface area contributed by atoms with Crippen LogP contribution < -0.4 is 4.74 Å². The molecule has 1 aromatic heterocycles. The van der Waals surface area contributed by atoms with Crippen molar-refractivity contribution in [3.05, 3.63) is 65.9 Å². The van der Waals surface area contributed by atoms with E-state index in [1.165, 1.54) is 30.6 Å². The molecule has 4 nitrogen and oxygen atoms in total. The van der Waals surface area contributed by atoms with Gasteiger partial charge in [0.2, 0.25) is 0 Å². The molecule has 25 heavy (non-hydrogen) atoms. The maximum Gasteiger partial charge on any atom is 0.149 e. The fourth-order valence-corrected chi connectivity index (χ4v) is 2.71. The lowest BCUT2D eigenvalue weighted by Crippen LogP contribution is -2.21. The molecule has 0 amide bonds. The number of rotatable bonds is 4. The zero-order valence-electron chi connectivity index (χ0n) is 13.7. The summed E-state index contributed by atoms with van der Waals surface area (Å²) in [7, 11) is 0. The first kappa shape index (κ1) is 16.8. The molecule has 0 radical (unpaired) electrons. The molecule has 1 N–H and O–H groups in total. The van der Waals surface area contributed by atoms with Gasteiger partial charge in [0.1, 0.15) is 28.7 Å². The Morgan fingerprint density at radius 1 is 1.12 bits per heavy atom. The minimum Gasteiger partial charge on any atom is -0.455 e. The van der Waals surface area contributed by atoms with Gasteiger partial charge in [-0.3, -0.25) is 0 Å². The lowest BCUT2D eigenvalue weighted by Gasteiger charge is -2.23. The largest absolute Gasteiger partial charge is 0.455 e. The molecule has 0 spiro atoms.